The molecule has 25 heavy (non-hydrogen) atoms. The Labute approximate surface area is 149 Å². The number of hydrogen-bond donors (Lipinski definition) is 1. The monoisotopic (exact) mass is 345 g/mol. The molecule has 1 aromatic carbocycles. The molecule has 1 aliphatic rings. The van der Waals surface area contributed by atoms with Gasteiger partial charge in [-0.2, -0.15) is 0 Å². The molecule has 0 aliphatic carbocycles. The van der Waals surface area contributed by atoms with Crippen LogP contribution in [0.25, 0.3) is 0 Å². The van der Waals surface area contributed by atoms with Crippen molar-refractivity contribution in [2.24, 2.45) is 5.92 Å². The van der Waals surface area contributed by atoms with Gasteiger partial charge in [-0.3, -0.25) is 4.79 Å². The Kier molecular flexibility index (Phi) is 6.23. The summed E-state index contributed by atoms with van der Waals surface area (Å²) in [7, 11) is 0. The Morgan fingerprint density at radius 3 is 2.60 bits per heavy atom. The van der Waals surface area contributed by atoms with Gasteiger partial charge in [0, 0.05) is 6.54 Å². The predicted molar refractivity (Wildman–Crippen MR) is 96.4 cm³/mol. The highest BCUT2D eigenvalue weighted by Crippen LogP contribution is 2.22. The zero-order valence-electron chi connectivity index (χ0n) is 15.1. The van der Waals surface area contributed by atoms with Gasteiger partial charge < -0.3 is 14.7 Å². The molecule has 1 heterocycles. The maximum atomic E-state index is 12.3. The van der Waals surface area contributed by atoms with E-state index < -0.39 is 17.5 Å². The summed E-state index contributed by atoms with van der Waals surface area (Å²) in [5, 5.41) is 9.48. The number of hydrogen-bond acceptors (Lipinski definition) is 3. The fourth-order valence-electron chi connectivity index (χ4n) is 2.91. The molecule has 136 valence electrons. The molecule has 1 saturated heterocycles. The van der Waals surface area contributed by atoms with E-state index in [1.807, 2.05) is 57.2 Å². The van der Waals surface area contributed by atoms with Gasteiger partial charge in [0.05, 0.1) is 12.0 Å². The molecule has 2 atom stereocenters. The van der Waals surface area contributed by atoms with Crippen LogP contribution in [0.15, 0.2) is 42.5 Å². The first-order chi connectivity index (χ1) is 11.8. The summed E-state index contributed by atoms with van der Waals surface area (Å²) in [5.74, 6) is -1.47. The summed E-state index contributed by atoms with van der Waals surface area (Å²) >= 11 is 0. The lowest BCUT2D eigenvalue weighted by molar-refractivity contribution is -0.140. The number of likely N-dealkylation sites (tertiary alicyclic amines) is 1. The molecule has 2 rings (SSSR count). The largest absolute Gasteiger partial charge is 0.481 e. The van der Waals surface area contributed by atoms with E-state index >= 15 is 0 Å². The highest BCUT2D eigenvalue weighted by Gasteiger charge is 2.31. The van der Waals surface area contributed by atoms with E-state index in [9.17, 15) is 14.7 Å². The van der Waals surface area contributed by atoms with E-state index in [0.717, 1.165) is 18.4 Å². The third-order valence-electron chi connectivity index (χ3n) is 4.11. The van der Waals surface area contributed by atoms with E-state index in [4.69, 9.17) is 4.74 Å². The van der Waals surface area contributed by atoms with Gasteiger partial charge in [-0.1, -0.05) is 42.5 Å². The lowest BCUT2D eigenvalue weighted by atomic mass is 9.98. The Morgan fingerprint density at radius 1 is 1.32 bits per heavy atom. The van der Waals surface area contributed by atoms with Crippen molar-refractivity contribution in [1.82, 2.24) is 4.90 Å². The number of carboxylic acids is 1. The van der Waals surface area contributed by atoms with Gasteiger partial charge in [-0.05, 0) is 45.6 Å². The van der Waals surface area contributed by atoms with Crippen LogP contribution in [0.2, 0.25) is 0 Å². The summed E-state index contributed by atoms with van der Waals surface area (Å²) in [6.07, 6.45) is 5.38. The minimum atomic E-state index is -0.859. The molecule has 1 fully saturated rings. The zero-order valence-corrected chi connectivity index (χ0v) is 15.1. The number of carbonyl (C=O) groups is 2. The SMILES string of the molecule is CC(C)(C)OC(=O)N1CCC[C@H]1/C=C\[C@H](Cc1ccccc1)C(=O)O. The topological polar surface area (TPSA) is 66.8 Å². The molecule has 0 radical (unpaired) electrons. The number of carboxylic acid groups (broad SMARTS) is 1. The van der Waals surface area contributed by atoms with Crippen LogP contribution in [0.5, 0.6) is 0 Å². The molecule has 0 bridgehead atoms. The highest BCUT2D eigenvalue weighted by molar-refractivity contribution is 5.73. The second-order valence-electron chi connectivity index (χ2n) is 7.40. The molecular formula is C20H27NO4. The Hall–Kier alpha value is -2.30. The Morgan fingerprint density at radius 2 is 2.00 bits per heavy atom. The van der Waals surface area contributed by atoms with Crippen LogP contribution < -0.4 is 0 Å². The van der Waals surface area contributed by atoms with Crippen molar-refractivity contribution in [3.63, 3.8) is 0 Å². The third-order valence-corrected chi connectivity index (χ3v) is 4.11. The van der Waals surface area contributed by atoms with Crippen LogP contribution in [-0.4, -0.2) is 40.3 Å². The standard InChI is InChI=1S/C20H27NO4/c1-20(2,3)25-19(24)21-13-7-10-17(21)12-11-16(18(22)23)14-15-8-5-4-6-9-15/h4-6,8-9,11-12,16-17H,7,10,13-14H2,1-3H3,(H,22,23)/b12-11-/t16-,17+/m1/s1. The Bertz CT molecular complexity index is 618. The van der Waals surface area contributed by atoms with Crippen molar-refractivity contribution >= 4 is 12.1 Å². The van der Waals surface area contributed by atoms with Crippen molar-refractivity contribution in [3.05, 3.63) is 48.0 Å². The smallest absolute Gasteiger partial charge is 0.410 e. The second-order valence-corrected chi connectivity index (χ2v) is 7.40. The van der Waals surface area contributed by atoms with E-state index in [1.165, 1.54) is 0 Å². The zero-order chi connectivity index (χ0) is 18.4. The maximum absolute atomic E-state index is 12.3. The van der Waals surface area contributed by atoms with E-state index in [1.54, 1.807) is 11.0 Å². The van der Waals surface area contributed by atoms with Crippen LogP contribution >= 0.6 is 0 Å². The summed E-state index contributed by atoms with van der Waals surface area (Å²) in [4.78, 5) is 25.5. The normalized spacial score (nSPS) is 19.2. The van der Waals surface area contributed by atoms with Crippen LogP contribution in [0.1, 0.15) is 39.2 Å². The first kappa shape index (κ1) is 19.0. The molecule has 0 unspecified atom stereocenters. The van der Waals surface area contributed by atoms with Crippen LogP contribution in [0, 0.1) is 5.92 Å². The molecule has 1 aromatic rings. The number of ether oxygens (including phenoxy) is 1. The van der Waals surface area contributed by atoms with Crippen molar-refractivity contribution in [2.45, 2.75) is 51.7 Å². The van der Waals surface area contributed by atoms with Crippen molar-refractivity contribution in [3.8, 4) is 0 Å². The number of nitrogens with zero attached hydrogens (tertiary/aromatic N) is 1. The lowest BCUT2D eigenvalue weighted by Crippen LogP contribution is -2.39. The number of benzene rings is 1. The van der Waals surface area contributed by atoms with Crippen molar-refractivity contribution in [1.29, 1.82) is 0 Å². The third kappa shape index (κ3) is 5.93. The molecule has 1 N–H and O–H groups in total. The molecule has 0 spiro atoms. The van der Waals surface area contributed by atoms with Crippen LogP contribution in [-0.2, 0) is 16.0 Å². The number of rotatable bonds is 5. The Balaban J connectivity index is 2.03. The van der Waals surface area contributed by atoms with Gasteiger partial charge >= 0.3 is 12.1 Å². The molecule has 1 aliphatic heterocycles. The fraction of sp³-hybridized carbons (Fsp3) is 0.500. The summed E-state index contributed by atoms with van der Waals surface area (Å²) in [6.45, 7) is 6.16. The van der Waals surface area contributed by atoms with Crippen LogP contribution in [0.3, 0.4) is 0 Å². The van der Waals surface area contributed by atoms with Gasteiger partial charge in [0.2, 0.25) is 0 Å². The quantitative estimate of drug-likeness (QED) is 0.822. The van der Waals surface area contributed by atoms with E-state index in [0.29, 0.717) is 13.0 Å². The predicted octanol–water partition coefficient (Wildman–Crippen LogP) is 3.89. The van der Waals surface area contributed by atoms with E-state index in [2.05, 4.69) is 0 Å². The minimum absolute atomic E-state index is 0.104. The number of amides is 1. The van der Waals surface area contributed by atoms with Crippen LogP contribution in [0.4, 0.5) is 4.79 Å². The number of carbonyl (C=O) groups excluding carboxylic acids is 1. The van der Waals surface area contributed by atoms with Gasteiger partial charge in [0.25, 0.3) is 0 Å². The minimum Gasteiger partial charge on any atom is -0.481 e. The molecular weight excluding hydrogens is 318 g/mol. The van der Waals surface area contributed by atoms with Crippen molar-refractivity contribution in [2.75, 3.05) is 6.54 Å². The van der Waals surface area contributed by atoms with Crippen molar-refractivity contribution < 1.29 is 19.4 Å². The lowest BCUT2D eigenvalue weighted by Gasteiger charge is -2.27. The summed E-state index contributed by atoms with van der Waals surface area (Å²) < 4.78 is 5.44. The summed E-state index contributed by atoms with van der Waals surface area (Å²) in [6, 6.07) is 9.45. The molecule has 0 saturated carbocycles. The molecule has 5 nitrogen and oxygen atoms in total. The van der Waals surface area contributed by atoms with Gasteiger partial charge in [0.1, 0.15) is 5.60 Å². The summed E-state index contributed by atoms with van der Waals surface area (Å²) in [5.41, 5.74) is 0.445. The molecule has 1 amide bonds. The van der Waals surface area contributed by atoms with Gasteiger partial charge in [-0.25, -0.2) is 4.79 Å². The first-order valence-corrected chi connectivity index (χ1v) is 8.71. The molecule has 0 aromatic heterocycles. The average Bonchev–Trinajstić information content (AvgIpc) is 2.99. The molecule has 5 heteroatoms. The van der Waals surface area contributed by atoms with E-state index in [-0.39, 0.29) is 12.1 Å². The average molecular weight is 345 g/mol. The number of aliphatic carboxylic acids is 1. The highest BCUT2D eigenvalue weighted by atomic mass is 16.6. The van der Waals surface area contributed by atoms with Gasteiger partial charge in [0.15, 0.2) is 0 Å². The fourth-order valence-corrected chi connectivity index (χ4v) is 2.91. The second kappa shape index (κ2) is 8.19. The first-order valence-electron chi connectivity index (χ1n) is 8.71. The maximum Gasteiger partial charge on any atom is 0.410 e. The van der Waals surface area contributed by atoms with Gasteiger partial charge in [-0.15, -0.1) is 0 Å².